The average molecular weight is 425 g/mol. The average Bonchev–Trinajstić information content (AvgIpc) is 2.72. The Hall–Kier alpha value is -2.82. The number of rotatable bonds is 10. The third-order valence-corrected chi connectivity index (χ3v) is 5.20. The highest BCUT2D eigenvalue weighted by molar-refractivity contribution is 5.88. The second-order valence-corrected chi connectivity index (χ2v) is 8.63. The van der Waals surface area contributed by atoms with Crippen molar-refractivity contribution < 1.29 is 14.3 Å². The first kappa shape index (κ1) is 24.4. The van der Waals surface area contributed by atoms with Gasteiger partial charge in [0.2, 0.25) is 5.91 Å². The van der Waals surface area contributed by atoms with E-state index in [1.165, 1.54) is 0 Å². The summed E-state index contributed by atoms with van der Waals surface area (Å²) in [6.45, 7) is 12.8. The molecular weight excluding hydrogens is 388 g/mol. The van der Waals surface area contributed by atoms with Crippen LogP contribution in [0.25, 0.3) is 0 Å². The summed E-state index contributed by atoms with van der Waals surface area (Å²) in [5, 5.41) is 2.98. The van der Waals surface area contributed by atoms with E-state index in [4.69, 9.17) is 4.74 Å². The van der Waals surface area contributed by atoms with E-state index in [2.05, 4.69) is 19.2 Å². The largest absolute Gasteiger partial charge is 0.483 e. The van der Waals surface area contributed by atoms with E-state index in [1.54, 1.807) is 4.90 Å². The molecule has 1 atom stereocenters. The van der Waals surface area contributed by atoms with Gasteiger partial charge >= 0.3 is 0 Å². The number of aryl methyl sites for hydroxylation is 3. The highest BCUT2D eigenvalue weighted by Gasteiger charge is 2.29. The molecule has 2 amide bonds. The van der Waals surface area contributed by atoms with Crippen molar-refractivity contribution in [1.82, 2.24) is 10.2 Å². The molecule has 2 aromatic carbocycles. The van der Waals surface area contributed by atoms with E-state index < -0.39 is 6.04 Å². The molecule has 0 aliphatic carbocycles. The molecule has 0 radical (unpaired) electrons. The molecule has 5 heteroatoms. The van der Waals surface area contributed by atoms with Gasteiger partial charge in [0.15, 0.2) is 6.61 Å². The molecule has 2 aromatic rings. The first-order valence-corrected chi connectivity index (χ1v) is 11.0. The summed E-state index contributed by atoms with van der Waals surface area (Å²) >= 11 is 0. The normalized spacial score (nSPS) is 11.8. The van der Waals surface area contributed by atoms with Crippen LogP contribution in [0.3, 0.4) is 0 Å². The van der Waals surface area contributed by atoms with Crippen molar-refractivity contribution in [2.75, 3.05) is 13.2 Å². The van der Waals surface area contributed by atoms with E-state index in [9.17, 15) is 9.59 Å². The van der Waals surface area contributed by atoms with Gasteiger partial charge < -0.3 is 15.0 Å². The Labute approximate surface area is 186 Å². The zero-order chi connectivity index (χ0) is 23.0. The van der Waals surface area contributed by atoms with Crippen molar-refractivity contribution in [3.05, 3.63) is 64.7 Å². The molecular formula is C26H36N2O3. The molecule has 0 heterocycles. The number of hydrogen-bond acceptors (Lipinski definition) is 3. The van der Waals surface area contributed by atoms with Gasteiger partial charge in [-0.15, -0.1) is 0 Å². The summed E-state index contributed by atoms with van der Waals surface area (Å²) in [6, 6.07) is 13.4. The molecule has 0 spiro atoms. The first-order valence-electron chi connectivity index (χ1n) is 11.0. The fourth-order valence-corrected chi connectivity index (χ4v) is 3.43. The van der Waals surface area contributed by atoms with Gasteiger partial charge in [-0.1, -0.05) is 62.7 Å². The Morgan fingerprint density at radius 3 is 2.39 bits per heavy atom. The number of carbonyl (C=O) groups is 2. The third-order valence-electron chi connectivity index (χ3n) is 5.20. The lowest BCUT2D eigenvalue weighted by Crippen LogP contribution is -2.50. The number of nitrogens with zero attached hydrogens (tertiary/aromatic N) is 1. The molecule has 31 heavy (non-hydrogen) atoms. The predicted octanol–water partition coefficient (Wildman–Crippen LogP) is 4.57. The Kier molecular flexibility index (Phi) is 9.10. The fraction of sp³-hybridized carbons (Fsp3) is 0.462. The van der Waals surface area contributed by atoms with Gasteiger partial charge in [0.25, 0.3) is 5.91 Å². The van der Waals surface area contributed by atoms with Gasteiger partial charge in [0.05, 0.1) is 0 Å². The summed E-state index contributed by atoms with van der Waals surface area (Å²) in [4.78, 5) is 27.8. The van der Waals surface area contributed by atoms with Crippen molar-refractivity contribution in [2.24, 2.45) is 5.92 Å². The van der Waals surface area contributed by atoms with Crippen LogP contribution in [0.4, 0.5) is 0 Å². The van der Waals surface area contributed by atoms with E-state index >= 15 is 0 Å². The lowest BCUT2D eigenvalue weighted by atomic mass is 10.1. The summed E-state index contributed by atoms with van der Waals surface area (Å²) < 4.78 is 5.87. The molecule has 168 valence electrons. The van der Waals surface area contributed by atoms with Gasteiger partial charge in [-0.05, 0) is 55.9 Å². The van der Waals surface area contributed by atoms with Gasteiger partial charge in [-0.2, -0.15) is 0 Å². The maximum absolute atomic E-state index is 13.3. The minimum Gasteiger partial charge on any atom is -0.483 e. The monoisotopic (exact) mass is 424 g/mol. The maximum atomic E-state index is 13.3. The molecule has 5 nitrogen and oxygen atoms in total. The minimum atomic E-state index is -0.547. The maximum Gasteiger partial charge on any atom is 0.261 e. The number of amides is 2. The van der Waals surface area contributed by atoms with Crippen molar-refractivity contribution in [3.63, 3.8) is 0 Å². The Morgan fingerprint density at radius 2 is 1.74 bits per heavy atom. The van der Waals surface area contributed by atoms with Crippen LogP contribution in [-0.4, -0.2) is 35.9 Å². The SMILES string of the molecule is CC[C@@H](C(=O)NCC(C)C)N(Cc1cccc(C)c1)C(=O)COc1cc(C)ccc1C. The zero-order valence-corrected chi connectivity index (χ0v) is 19.7. The molecule has 0 saturated carbocycles. The van der Waals surface area contributed by atoms with Crippen LogP contribution in [0.2, 0.25) is 0 Å². The Balaban J connectivity index is 2.23. The number of carbonyl (C=O) groups excluding carboxylic acids is 2. The Bertz CT molecular complexity index is 892. The smallest absolute Gasteiger partial charge is 0.261 e. The van der Waals surface area contributed by atoms with Gasteiger partial charge in [0.1, 0.15) is 11.8 Å². The highest BCUT2D eigenvalue weighted by Crippen LogP contribution is 2.20. The topological polar surface area (TPSA) is 58.6 Å². The molecule has 0 unspecified atom stereocenters. The number of hydrogen-bond donors (Lipinski definition) is 1. The van der Waals surface area contributed by atoms with Crippen LogP contribution < -0.4 is 10.1 Å². The summed E-state index contributed by atoms with van der Waals surface area (Å²) in [7, 11) is 0. The van der Waals surface area contributed by atoms with Crippen molar-refractivity contribution in [2.45, 2.75) is 60.5 Å². The third kappa shape index (κ3) is 7.42. The van der Waals surface area contributed by atoms with Gasteiger partial charge in [-0.3, -0.25) is 9.59 Å². The van der Waals surface area contributed by atoms with Crippen molar-refractivity contribution in [3.8, 4) is 5.75 Å². The molecule has 0 saturated heterocycles. The first-order chi connectivity index (χ1) is 14.7. The minimum absolute atomic E-state index is 0.107. The van der Waals surface area contributed by atoms with Crippen LogP contribution in [0.5, 0.6) is 5.75 Å². The van der Waals surface area contributed by atoms with Gasteiger partial charge in [0, 0.05) is 13.1 Å². The Morgan fingerprint density at radius 1 is 1.03 bits per heavy atom. The summed E-state index contributed by atoms with van der Waals surface area (Å²) in [5.74, 6) is 0.717. The highest BCUT2D eigenvalue weighted by atomic mass is 16.5. The van der Waals surface area contributed by atoms with Crippen LogP contribution in [0.15, 0.2) is 42.5 Å². The second-order valence-electron chi connectivity index (χ2n) is 8.63. The molecule has 0 aliphatic heterocycles. The summed E-state index contributed by atoms with van der Waals surface area (Å²) in [5.41, 5.74) is 4.17. The summed E-state index contributed by atoms with van der Waals surface area (Å²) in [6.07, 6.45) is 0.533. The van der Waals surface area contributed by atoms with Crippen LogP contribution in [0.1, 0.15) is 49.4 Å². The zero-order valence-electron chi connectivity index (χ0n) is 19.7. The fourth-order valence-electron chi connectivity index (χ4n) is 3.43. The quantitative estimate of drug-likeness (QED) is 0.608. The number of benzene rings is 2. The lowest BCUT2D eigenvalue weighted by Gasteiger charge is -2.31. The van der Waals surface area contributed by atoms with E-state index in [-0.39, 0.29) is 18.4 Å². The lowest BCUT2D eigenvalue weighted by molar-refractivity contribution is -0.143. The van der Waals surface area contributed by atoms with Crippen LogP contribution in [0, 0.1) is 26.7 Å². The number of nitrogens with one attached hydrogen (secondary N) is 1. The molecule has 1 N–H and O–H groups in total. The van der Waals surface area contributed by atoms with Crippen LogP contribution >= 0.6 is 0 Å². The van der Waals surface area contributed by atoms with Crippen LogP contribution in [-0.2, 0) is 16.1 Å². The number of ether oxygens (including phenoxy) is 1. The van der Waals surface area contributed by atoms with Crippen molar-refractivity contribution >= 4 is 11.8 Å². The molecule has 2 rings (SSSR count). The van der Waals surface area contributed by atoms with Gasteiger partial charge in [-0.25, -0.2) is 0 Å². The van der Waals surface area contributed by atoms with E-state index in [1.807, 2.05) is 70.2 Å². The molecule has 0 aromatic heterocycles. The van der Waals surface area contributed by atoms with Crippen molar-refractivity contribution in [1.29, 1.82) is 0 Å². The van der Waals surface area contributed by atoms with E-state index in [0.717, 1.165) is 22.3 Å². The molecule has 0 bridgehead atoms. The predicted molar refractivity (Wildman–Crippen MR) is 125 cm³/mol. The molecule has 0 fully saturated rings. The second kappa shape index (κ2) is 11.5. The molecule has 0 aliphatic rings. The van der Waals surface area contributed by atoms with E-state index in [0.29, 0.717) is 31.2 Å². The standard InChI is InChI=1S/C26H36N2O3/c1-7-23(26(30)27-15-18(2)3)28(16-22-10-8-9-19(4)13-22)25(29)17-31-24-14-20(5)11-12-21(24)6/h8-14,18,23H,7,15-17H2,1-6H3,(H,27,30)/t23-/m0/s1.